The Morgan fingerprint density at radius 3 is 2.55 bits per heavy atom. The first-order valence-corrected chi connectivity index (χ1v) is 6.71. The summed E-state index contributed by atoms with van der Waals surface area (Å²) in [7, 11) is 0. The van der Waals surface area contributed by atoms with Crippen molar-refractivity contribution in [2.24, 2.45) is 0 Å². The SMILES string of the molecule is Cc1cc(C)c2c(c1)[C@H](Cc1ccc(F)cc1)C(=O)N2. The molecule has 0 unspecified atom stereocenters. The summed E-state index contributed by atoms with van der Waals surface area (Å²) >= 11 is 0. The number of halogens is 1. The predicted molar refractivity (Wildman–Crippen MR) is 77.4 cm³/mol. The minimum absolute atomic E-state index is 0.0259. The Bertz CT molecular complexity index is 676. The number of rotatable bonds is 2. The first-order valence-electron chi connectivity index (χ1n) is 6.71. The minimum Gasteiger partial charge on any atom is -0.325 e. The van der Waals surface area contributed by atoms with Crippen molar-refractivity contribution in [3.63, 3.8) is 0 Å². The Balaban J connectivity index is 1.96. The number of benzene rings is 2. The Kier molecular flexibility index (Phi) is 3.05. The Morgan fingerprint density at radius 1 is 1.15 bits per heavy atom. The normalized spacial score (nSPS) is 16.9. The molecule has 1 aliphatic rings. The van der Waals surface area contributed by atoms with Crippen molar-refractivity contribution < 1.29 is 9.18 Å². The van der Waals surface area contributed by atoms with Gasteiger partial charge in [0.05, 0.1) is 5.92 Å². The van der Waals surface area contributed by atoms with Gasteiger partial charge in [0.1, 0.15) is 5.82 Å². The molecule has 0 saturated heterocycles. The van der Waals surface area contributed by atoms with Crippen molar-refractivity contribution in [1.29, 1.82) is 0 Å². The maximum absolute atomic E-state index is 12.9. The second-order valence-corrected chi connectivity index (χ2v) is 5.42. The van der Waals surface area contributed by atoms with Crippen molar-refractivity contribution in [3.05, 3.63) is 64.5 Å². The van der Waals surface area contributed by atoms with Gasteiger partial charge < -0.3 is 5.32 Å². The van der Waals surface area contributed by atoms with E-state index in [1.165, 1.54) is 12.1 Å². The fourth-order valence-corrected chi connectivity index (χ4v) is 2.86. The maximum atomic E-state index is 12.9. The van der Waals surface area contributed by atoms with Crippen LogP contribution >= 0.6 is 0 Å². The van der Waals surface area contributed by atoms with E-state index in [-0.39, 0.29) is 17.6 Å². The summed E-state index contributed by atoms with van der Waals surface area (Å²) in [6.07, 6.45) is 0.599. The predicted octanol–water partition coefficient (Wildman–Crippen LogP) is 3.72. The molecule has 0 radical (unpaired) electrons. The average Bonchev–Trinajstić information content (AvgIpc) is 2.70. The van der Waals surface area contributed by atoms with Gasteiger partial charge >= 0.3 is 0 Å². The molecule has 1 aliphatic heterocycles. The van der Waals surface area contributed by atoms with Gasteiger partial charge in [0.2, 0.25) is 5.91 Å². The van der Waals surface area contributed by atoms with Crippen molar-refractivity contribution in [2.75, 3.05) is 5.32 Å². The van der Waals surface area contributed by atoms with Crippen LogP contribution in [0.15, 0.2) is 36.4 Å². The number of nitrogens with one attached hydrogen (secondary N) is 1. The topological polar surface area (TPSA) is 29.1 Å². The number of hydrogen-bond acceptors (Lipinski definition) is 1. The molecule has 0 fully saturated rings. The van der Waals surface area contributed by atoms with E-state index in [0.717, 1.165) is 27.9 Å². The number of aryl methyl sites for hydroxylation is 2. The Labute approximate surface area is 117 Å². The van der Waals surface area contributed by atoms with Gasteiger partial charge in [0.15, 0.2) is 0 Å². The highest BCUT2D eigenvalue weighted by atomic mass is 19.1. The van der Waals surface area contributed by atoms with Crippen LogP contribution in [0.25, 0.3) is 0 Å². The van der Waals surface area contributed by atoms with Gasteiger partial charge in [-0.1, -0.05) is 29.8 Å². The summed E-state index contributed by atoms with van der Waals surface area (Å²) in [5, 5.41) is 2.96. The third-order valence-corrected chi connectivity index (χ3v) is 3.80. The molecule has 2 aromatic rings. The van der Waals surface area contributed by atoms with Gasteiger partial charge in [-0.3, -0.25) is 4.79 Å². The summed E-state index contributed by atoms with van der Waals surface area (Å²) in [5.41, 5.74) is 5.21. The van der Waals surface area contributed by atoms with Crippen LogP contribution in [0, 0.1) is 19.7 Å². The number of carbonyl (C=O) groups is 1. The molecule has 1 amide bonds. The number of anilines is 1. The van der Waals surface area contributed by atoms with Gasteiger partial charge in [-0.25, -0.2) is 4.39 Å². The minimum atomic E-state index is -0.253. The highest BCUT2D eigenvalue weighted by Crippen LogP contribution is 2.37. The Morgan fingerprint density at radius 2 is 1.85 bits per heavy atom. The van der Waals surface area contributed by atoms with Crippen LogP contribution in [-0.2, 0) is 11.2 Å². The maximum Gasteiger partial charge on any atom is 0.232 e. The van der Waals surface area contributed by atoms with Crippen molar-refractivity contribution in [2.45, 2.75) is 26.2 Å². The van der Waals surface area contributed by atoms with Gasteiger partial charge in [-0.2, -0.15) is 0 Å². The van der Waals surface area contributed by atoms with Crippen molar-refractivity contribution in [3.8, 4) is 0 Å². The average molecular weight is 269 g/mol. The lowest BCUT2D eigenvalue weighted by atomic mass is 9.91. The van der Waals surface area contributed by atoms with E-state index in [2.05, 4.69) is 17.4 Å². The third kappa shape index (κ3) is 2.20. The standard InChI is InChI=1S/C17H16FNO/c1-10-7-11(2)16-14(8-10)15(17(20)19-16)9-12-3-5-13(18)6-4-12/h3-8,15H,9H2,1-2H3,(H,19,20)/t15-/m0/s1. The van der Waals surface area contributed by atoms with Crippen molar-refractivity contribution in [1.82, 2.24) is 0 Å². The van der Waals surface area contributed by atoms with E-state index in [4.69, 9.17) is 0 Å². The molecule has 0 aliphatic carbocycles. The molecule has 0 bridgehead atoms. The van der Waals surface area contributed by atoms with Crippen molar-refractivity contribution >= 4 is 11.6 Å². The number of carbonyl (C=O) groups excluding carboxylic acids is 1. The van der Waals surface area contributed by atoms with Crippen LogP contribution < -0.4 is 5.32 Å². The summed E-state index contributed by atoms with van der Waals surface area (Å²) in [4.78, 5) is 12.2. The molecule has 20 heavy (non-hydrogen) atoms. The molecule has 0 aromatic heterocycles. The smallest absolute Gasteiger partial charge is 0.232 e. The Hall–Kier alpha value is -2.16. The van der Waals surface area contributed by atoms with Crippen LogP contribution in [0.4, 0.5) is 10.1 Å². The molecular weight excluding hydrogens is 253 g/mol. The number of hydrogen-bond donors (Lipinski definition) is 1. The van der Waals surface area contributed by atoms with E-state index in [1.807, 2.05) is 13.8 Å². The van der Waals surface area contributed by atoms with Crippen LogP contribution in [0.3, 0.4) is 0 Å². The van der Waals surface area contributed by atoms with E-state index in [9.17, 15) is 9.18 Å². The lowest BCUT2D eigenvalue weighted by Gasteiger charge is -2.10. The largest absolute Gasteiger partial charge is 0.325 e. The first kappa shape index (κ1) is 12.9. The lowest BCUT2D eigenvalue weighted by Crippen LogP contribution is -2.14. The lowest BCUT2D eigenvalue weighted by molar-refractivity contribution is -0.117. The first-order chi connectivity index (χ1) is 9.54. The molecule has 0 spiro atoms. The molecule has 1 N–H and O–H groups in total. The summed E-state index contributed by atoms with van der Waals surface area (Å²) < 4.78 is 12.9. The summed E-state index contributed by atoms with van der Waals surface area (Å²) in [6.45, 7) is 4.04. The monoisotopic (exact) mass is 269 g/mol. The molecule has 1 atom stereocenters. The quantitative estimate of drug-likeness (QED) is 0.884. The zero-order valence-corrected chi connectivity index (χ0v) is 11.5. The van der Waals surface area contributed by atoms with E-state index < -0.39 is 0 Å². The van der Waals surface area contributed by atoms with Gasteiger partial charge in [-0.05, 0) is 49.1 Å². The highest BCUT2D eigenvalue weighted by Gasteiger charge is 2.31. The fraction of sp³-hybridized carbons (Fsp3) is 0.235. The second-order valence-electron chi connectivity index (χ2n) is 5.42. The molecule has 102 valence electrons. The molecular formula is C17H16FNO. The zero-order chi connectivity index (χ0) is 14.3. The van der Waals surface area contributed by atoms with Crippen LogP contribution in [-0.4, -0.2) is 5.91 Å². The van der Waals surface area contributed by atoms with Crippen LogP contribution in [0.5, 0.6) is 0 Å². The van der Waals surface area contributed by atoms with Gasteiger partial charge in [0, 0.05) is 5.69 Å². The zero-order valence-electron chi connectivity index (χ0n) is 11.5. The molecule has 1 heterocycles. The fourth-order valence-electron chi connectivity index (χ4n) is 2.86. The second kappa shape index (κ2) is 4.75. The van der Waals surface area contributed by atoms with E-state index in [0.29, 0.717) is 6.42 Å². The van der Waals surface area contributed by atoms with Gasteiger partial charge in [0.25, 0.3) is 0 Å². The molecule has 3 heteroatoms. The van der Waals surface area contributed by atoms with Crippen LogP contribution in [0.1, 0.15) is 28.2 Å². The molecule has 2 nitrogen and oxygen atoms in total. The van der Waals surface area contributed by atoms with E-state index >= 15 is 0 Å². The molecule has 3 rings (SSSR count). The third-order valence-electron chi connectivity index (χ3n) is 3.80. The van der Waals surface area contributed by atoms with E-state index in [1.54, 1.807) is 12.1 Å². The van der Waals surface area contributed by atoms with Gasteiger partial charge in [-0.15, -0.1) is 0 Å². The number of fused-ring (bicyclic) bond motifs is 1. The summed E-state index contributed by atoms with van der Waals surface area (Å²) in [5.74, 6) is -0.413. The molecule has 2 aromatic carbocycles. The summed E-state index contributed by atoms with van der Waals surface area (Å²) in [6, 6.07) is 10.5. The van der Waals surface area contributed by atoms with Crippen LogP contribution in [0.2, 0.25) is 0 Å². The number of amides is 1. The highest BCUT2D eigenvalue weighted by molar-refractivity contribution is 6.04. The molecule has 0 saturated carbocycles.